The number of nitrogens with zero attached hydrogens (tertiary/aromatic N) is 1. The molecule has 2 atom stereocenters. The van der Waals surface area contributed by atoms with Crippen molar-refractivity contribution in [3.05, 3.63) is 17.7 Å². The Morgan fingerprint density at radius 3 is 3.18 bits per heavy atom. The van der Waals surface area contributed by atoms with E-state index in [0.717, 1.165) is 5.92 Å². The minimum absolute atomic E-state index is 0.653. The van der Waals surface area contributed by atoms with E-state index in [4.69, 9.17) is 0 Å². The molecule has 60 valence electrons. The fourth-order valence-corrected chi connectivity index (χ4v) is 2.07. The summed E-state index contributed by atoms with van der Waals surface area (Å²) in [6, 6.07) is 0. The van der Waals surface area contributed by atoms with Crippen LogP contribution in [-0.4, -0.2) is 9.97 Å². The lowest BCUT2D eigenvalue weighted by Crippen LogP contribution is -2.14. The maximum atomic E-state index is 4.32. The van der Waals surface area contributed by atoms with Gasteiger partial charge in [0.1, 0.15) is 0 Å². The molecule has 0 spiro atoms. The molecule has 1 aromatic heterocycles. The molecule has 0 amide bonds. The SMILES string of the molecule is CC1Cc2[nH]cnc2C(C)C1. The van der Waals surface area contributed by atoms with Crippen molar-refractivity contribution >= 4 is 0 Å². The van der Waals surface area contributed by atoms with E-state index in [1.807, 2.05) is 6.33 Å². The number of hydrogen-bond donors (Lipinski definition) is 1. The quantitative estimate of drug-likeness (QED) is 0.602. The summed E-state index contributed by atoms with van der Waals surface area (Å²) in [6.45, 7) is 4.57. The van der Waals surface area contributed by atoms with Crippen molar-refractivity contribution < 1.29 is 0 Å². The zero-order chi connectivity index (χ0) is 7.84. The zero-order valence-electron chi connectivity index (χ0n) is 7.09. The highest BCUT2D eigenvalue weighted by molar-refractivity contribution is 5.19. The van der Waals surface area contributed by atoms with Gasteiger partial charge in [-0.25, -0.2) is 4.98 Å². The van der Waals surface area contributed by atoms with Gasteiger partial charge in [0.2, 0.25) is 0 Å². The van der Waals surface area contributed by atoms with Gasteiger partial charge in [-0.15, -0.1) is 0 Å². The third-order valence-electron chi connectivity index (χ3n) is 2.53. The third kappa shape index (κ3) is 1.06. The highest BCUT2D eigenvalue weighted by Crippen LogP contribution is 2.31. The molecule has 2 rings (SSSR count). The van der Waals surface area contributed by atoms with E-state index in [9.17, 15) is 0 Å². The van der Waals surface area contributed by atoms with Crippen molar-refractivity contribution in [1.82, 2.24) is 9.97 Å². The Hall–Kier alpha value is -0.790. The van der Waals surface area contributed by atoms with Crippen molar-refractivity contribution in [2.24, 2.45) is 5.92 Å². The maximum absolute atomic E-state index is 4.32. The summed E-state index contributed by atoms with van der Waals surface area (Å²) in [5.74, 6) is 1.47. The lowest BCUT2D eigenvalue weighted by atomic mass is 9.84. The van der Waals surface area contributed by atoms with E-state index in [0.29, 0.717) is 5.92 Å². The molecular formula is C9H14N2. The molecule has 0 saturated heterocycles. The molecule has 1 heterocycles. The van der Waals surface area contributed by atoms with Crippen LogP contribution in [0.25, 0.3) is 0 Å². The molecule has 0 aliphatic heterocycles. The van der Waals surface area contributed by atoms with Crippen molar-refractivity contribution in [1.29, 1.82) is 0 Å². The van der Waals surface area contributed by atoms with Crippen LogP contribution in [0.4, 0.5) is 0 Å². The van der Waals surface area contributed by atoms with Crippen molar-refractivity contribution in [3.8, 4) is 0 Å². The second-order valence-corrected chi connectivity index (χ2v) is 3.71. The minimum Gasteiger partial charge on any atom is -0.348 e. The van der Waals surface area contributed by atoms with Crippen molar-refractivity contribution in [2.45, 2.75) is 32.6 Å². The first-order chi connectivity index (χ1) is 5.27. The van der Waals surface area contributed by atoms with Gasteiger partial charge in [-0.2, -0.15) is 0 Å². The second kappa shape index (κ2) is 2.36. The van der Waals surface area contributed by atoms with Crippen LogP contribution >= 0.6 is 0 Å². The summed E-state index contributed by atoms with van der Waals surface area (Å²) in [6.07, 6.45) is 4.29. The second-order valence-electron chi connectivity index (χ2n) is 3.71. The van der Waals surface area contributed by atoms with E-state index >= 15 is 0 Å². The number of rotatable bonds is 0. The van der Waals surface area contributed by atoms with E-state index in [-0.39, 0.29) is 0 Å². The Labute approximate surface area is 67.0 Å². The van der Waals surface area contributed by atoms with Crippen LogP contribution < -0.4 is 0 Å². The van der Waals surface area contributed by atoms with Gasteiger partial charge in [-0.1, -0.05) is 13.8 Å². The molecule has 0 radical (unpaired) electrons. The van der Waals surface area contributed by atoms with E-state index in [2.05, 4.69) is 23.8 Å². The molecule has 1 aliphatic carbocycles. The molecule has 1 aromatic rings. The van der Waals surface area contributed by atoms with Crippen LogP contribution in [-0.2, 0) is 6.42 Å². The van der Waals surface area contributed by atoms with Crippen molar-refractivity contribution in [2.75, 3.05) is 0 Å². The van der Waals surface area contributed by atoms with Gasteiger partial charge in [-0.3, -0.25) is 0 Å². The minimum atomic E-state index is 0.653. The van der Waals surface area contributed by atoms with Crippen LogP contribution in [0.2, 0.25) is 0 Å². The number of fused-ring (bicyclic) bond motifs is 1. The van der Waals surface area contributed by atoms with Gasteiger partial charge in [0.15, 0.2) is 0 Å². The van der Waals surface area contributed by atoms with Crippen LogP contribution in [0.1, 0.15) is 37.6 Å². The molecular weight excluding hydrogens is 136 g/mol. The molecule has 2 nitrogen and oxygen atoms in total. The normalized spacial score (nSPS) is 30.0. The lowest BCUT2D eigenvalue weighted by molar-refractivity contribution is 0.440. The van der Waals surface area contributed by atoms with Gasteiger partial charge in [-0.05, 0) is 18.8 Å². The fraction of sp³-hybridized carbons (Fsp3) is 0.667. The predicted octanol–water partition coefficient (Wildman–Crippen LogP) is 2.10. The monoisotopic (exact) mass is 150 g/mol. The Bertz CT molecular complexity index is 252. The summed E-state index contributed by atoms with van der Waals surface area (Å²) in [5, 5.41) is 0. The van der Waals surface area contributed by atoms with Gasteiger partial charge in [0.25, 0.3) is 0 Å². The Balaban J connectivity index is 2.36. The number of H-pyrrole nitrogens is 1. The largest absolute Gasteiger partial charge is 0.348 e. The smallest absolute Gasteiger partial charge is 0.0925 e. The number of nitrogens with one attached hydrogen (secondary N) is 1. The lowest BCUT2D eigenvalue weighted by Gasteiger charge is -2.22. The Morgan fingerprint density at radius 2 is 2.36 bits per heavy atom. The predicted molar refractivity (Wildman–Crippen MR) is 44.5 cm³/mol. The van der Waals surface area contributed by atoms with Gasteiger partial charge in [0, 0.05) is 11.6 Å². The van der Waals surface area contributed by atoms with Gasteiger partial charge >= 0.3 is 0 Å². The zero-order valence-corrected chi connectivity index (χ0v) is 7.09. The molecule has 2 heteroatoms. The van der Waals surface area contributed by atoms with E-state index in [1.165, 1.54) is 24.2 Å². The molecule has 1 N–H and O–H groups in total. The summed E-state index contributed by atoms with van der Waals surface area (Å²) in [4.78, 5) is 7.52. The molecule has 0 saturated carbocycles. The number of aromatic amines is 1. The number of imidazole rings is 1. The van der Waals surface area contributed by atoms with E-state index in [1.54, 1.807) is 0 Å². The van der Waals surface area contributed by atoms with Crippen LogP contribution in [0, 0.1) is 5.92 Å². The topological polar surface area (TPSA) is 28.7 Å². The van der Waals surface area contributed by atoms with Crippen molar-refractivity contribution in [3.63, 3.8) is 0 Å². The van der Waals surface area contributed by atoms with Crippen LogP contribution in [0.5, 0.6) is 0 Å². The average Bonchev–Trinajstić information content (AvgIpc) is 2.34. The summed E-state index contributed by atoms with van der Waals surface area (Å²) in [5.41, 5.74) is 2.65. The first-order valence-corrected chi connectivity index (χ1v) is 4.29. The molecule has 0 aromatic carbocycles. The number of hydrogen-bond acceptors (Lipinski definition) is 1. The molecule has 1 aliphatic rings. The highest BCUT2D eigenvalue weighted by atomic mass is 14.9. The van der Waals surface area contributed by atoms with Crippen LogP contribution in [0.15, 0.2) is 6.33 Å². The first kappa shape index (κ1) is 6.89. The summed E-state index contributed by atoms with van der Waals surface area (Å²) in [7, 11) is 0. The average molecular weight is 150 g/mol. The number of aromatic nitrogens is 2. The molecule has 2 unspecified atom stereocenters. The standard InChI is InChI=1S/C9H14N2/c1-6-3-7(2)9-8(4-6)10-5-11-9/h5-7H,3-4H2,1-2H3,(H,10,11). The maximum Gasteiger partial charge on any atom is 0.0925 e. The first-order valence-electron chi connectivity index (χ1n) is 4.29. The third-order valence-corrected chi connectivity index (χ3v) is 2.53. The highest BCUT2D eigenvalue weighted by Gasteiger charge is 2.22. The Kier molecular flexibility index (Phi) is 1.48. The van der Waals surface area contributed by atoms with Gasteiger partial charge < -0.3 is 4.98 Å². The van der Waals surface area contributed by atoms with E-state index < -0.39 is 0 Å². The molecule has 11 heavy (non-hydrogen) atoms. The molecule has 0 fully saturated rings. The van der Waals surface area contributed by atoms with Crippen LogP contribution in [0.3, 0.4) is 0 Å². The molecule has 0 bridgehead atoms. The summed E-state index contributed by atoms with van der Waals surface area (Å²) < 4.78 is 0. The van der Waals surface area contributed by atoms with Gasteiger partial charge in [0.05, 0.1) is 12.0 Å². The fourth-order valence-electron chi connectivity index (χ4n) is 2.07. The Morgan fingerprint density at radius 1 is 1.55 bits per heavy atom. The summed E-state index contributed by atoms with van der Waals surface area (Å²) >= 11 is 0.